The summed E-state index contributed by atoms with van der Waals surface area (Å²) in [5.41, 5.74) is 1.49. The number of aromatic nitrogens is 1. The fourth-order valence-electron chi connectivity index (χ4n) is 2.48. The van der Waals surface area contributed by atoms with Crippen molar-refractivity contribution in [3.05, 3.63) is 89.5 Å². The number of carbonyl (C=O) groups excluding carboxylic acids is 1. The van der Waals surface area contributed by atoms with Gasteiger partial charge in [0.15, 0.2) is 0 Å². The molecule has 0 bridgehead atoms. The van der Waals surface area contributed by atoms with Gasteiger partial charge >= 0.3 is 6.03 Å². The summed E-state index contributed by atoms with van der Waals surface area (Å²) in [7, 11) is 0. The van der Waals surface area contributed by atoms with E-state index < -0.39 is 17.7 Å². The van der Waals surface area contributed by atoms with E-state index in [9.17, 15) is 18.0 Å². The first-order chi connectivity index (χ1) is 12.5. The van der Waals surface area contributed by atoms with Gasteiger partial charge in [-0.05, 0) is 42.0 Å². The van der Waals surface area contributed by atoms with E-state index in [0.717, 1.165) is 29.5 Å². The number of halogens is 3. The molecule has 0 radical (unpaired) electrons. The van der Waals surface area contributed by atoms with Gasteiger partial charge in [0.1, 0.15) is 17.5 Å². The SMILES string of the molecule is O=C(NCc1cccn1Cc1ccc(F)cc1)Nc1cc(F)ccc1F. The smallest absolute Gasteiger partial charge is 0.319 e. The minimum absolute atomic E-state index is 0.191. The van der Waals surface area contributed by atoms with Crippen molar-refractivity contribution in [2.75, 3.05) is 5.32 Å². The van der Waals surface area contributed by atoms with Crippen LogP contribution in [-0.2, 0) is 13.1 Å². The number of urea groups is 1. The Morgan fingerprint density at radius 3 is 2.46 bits per heavy atom. The Morgan fingerprint density at radius 1 is 0.962 bits per heavy atom. The van der Waals surface area contributed by atoms with Gasteiger partial charge in [0.05, 0.1) is 12.2 Å². The Hall–Kier alpha value is -3.22. The number of rotatable bonds is 5. The number of hydrogen-bond donors (Lipinski definition) is 2. The summed E-state index contributed by atoms with van der Waals surface area (Å²) in [5, 5.41) is 4.87. The predicted octanol–water partition coefficient (Wildman–Crippen LogP) is 4.28. The first-order valence-corrected chi connectivity index (χ1v) is 7.89. The largest absolute Gasteiger partial charge is 0.345 e. The van der Waals surface area contributed by atoms with Crippen molar-refractivity contribution >= 4 is 11.7 Å². The minimum Gasteiger partial charge on any atom is -0.345 e. The van der Waals surface area contributed by atoms with Crippen molar-refractivity contribution in [2.24, 2.45) is 0 Å². The molecule has 2 amide bonds. The normalized spacial score (nSPS) is 10.6. The highest BCUT2D eigenvalue weighted by Gasteiger charge is 2.09. The highest BCUT2D eigenvalue weighted by molar-refractivity contribution is 5.89. The number of carbonyl (C=O) groups is 1. The van der Waals surface area contributed by atoms with E-state index in [4.69, 9.17) is 0 Å². The van der Waals surface area contributed by atoms with Gasteiger partial charge in [0.2, 0.25) is 0 Å². The van der Waals surface area contributed by atoms with Crippen LogP contribution in [0.15, 0.2) is 60.8 Å². The summed E-state index contributed by atoms with van der Waals surface area (Å²) < 4.78 is 41.5. The van der Waals surface area contributed by atoms with Crippen LogP contribution in [0.5, 0.6) is 0 Å². The highest BCUT2D eigenvalue weighted by Crippen LogP contribution is 2.15. The molecule has 3 aromatic rings. The van der Waals surface area contributed by atoms with Crippen LogP contribution < -0.4 is 10.6 Å². The zero-order chi connectivity index (χ0) is 18.5. The molecular formula is C19H16F3N3O. The minimum atomic E-state index is -0.721. The summed E-state index contributed by atoms with van der Waals surface area (Å²) in [5.74, 6) is -1.67. The molecule has 4 nitrogen and oxygen atoms in total. The maximum atomic E-state index is 13.5. The Balaban J connectivity index is 1.60. The van der Waals surface area contributed by atoms with Gasteiger partial charge in [0.25, 0.3) is 0 Å². The number of benzene rings is 2. The van der Waals surface area contributed by atoms with Crippen molar-refractivity contribution in [1.82, 2.24) is 9.88 Å². The summed E-state index contributed by atoms with van der Waals surface area (Å²) in [4.78, 5) is 11.9. The maximum absolute atomic E-state index is 13.5. The quantitative estimate of drug-likeness (QED) is 0.702. The number of hydrogen-bond acceptors (Lipinski definition) is 1. The molecule has 26 heavy (non-hydrogen) atoms. The molecule has 0 saturated carbocycles. The van der Waals surface area contributed by atoms with E-state index in [-0.39, 0.29) is 18.0 Å². The molecule has 0 spiro atoms. The summed E-state index contributed by atoms with van der Waals surface area (Å²) in [6.45, 7) is 0.710. The van der Waals surface area contributed by atoms with Crippen LogP contribution in [0.1, 0.15) is 11.3 Å². The lowest BCUT2D eigenvalue weighted by molar-refractivity contribution is 0.251. The average molecular weight is 359 g/mol. The first kappa shape index (κ1) is 17.6. The molecule has 1 heterocycles. The zero-order valence-corrected chi connectivity index (χ0v) is 13.7. The van der Waals surface area contributed by atoms with E-state index >= 15 is 0 Å². The average Bonchev–Trinajstić information content (AvgIpc) is 3.05. The summed E-state index contributed by atoms with van der Waals surface area (Å²) >= 11 is 0. The molecule has 134 valence electrons. The molecule has 3 rings (SSSR count). The molecule has 1 aromatic heterocycles. The van der Waals surface area contributed by atoms with Crippen molar-refractivity contribution in [1.29, 1.82) is 0 Å². The monoisotopic (exact) mass is 359 g/mol. The van der Waals surface area contributed by atoms with Gasteiger partial charge in [0, 0.05) is 24.5 Å². The van der Waals surface area contributed by atoms with Crippen LogP contribution in [0.2, 0.25) is 0 Å². The summed E-state index contributed by atoms with van der Waals surface area (Å²) in [6.07, 6.45) is 1.84. The fraction of sp³-hybridized carbons (Fsp3) is 0.105. The molecule has 0 aliphatic carbocycles. The topological polar surface area (TPSA) is 46.1 Å². The molecule has 0 saturated heterocycles. The standard InChI is InChI=1S/C19H16F3N3O/c20-14-5-3-13(4-6-14)12-25-9-1-2-16(25)11-23-19(26)24-18-10-15(21)7-8-17(18)22/h1-10H,11-12H2,(H2,23,24,26). The Labute approximate surface area is 148 Å². The van der Waals surface area contributed by atoms with Crippen LogP contribution >= 0.6 is 0 Å². The number of amides is 2. The Bertz CT molecular complexity index is 907. The maximum Gasteiger partial charge on any atom is 0.319 e. The third-order valence-corrected chi connectivity index (χ3v) is 3.80. The lowest BCUT2D eigenvalue weighted by Gasteiger charge is -2.12. The van der Waals surface area contributed by atoms with Crippen LogP contribution in [0.25, 0.3) is 0 Å². The van der Waals surface area contributed by atoms with Crippen molar-refractivity contribution < 1.29 is 18.0 Å². The second kappa shape index (κ2) is 7.77. The number of nitrogens with one attached hydrogen (secondary N) is 2. The first-order valence-electron chi connectivity index (χ1n) is 7.89. The third kappa shape index (κ3) is 4.44. The van der Waals surface area contributed by atoms with E-state index in [0.29, 0.717) is 6.54 Å². The van der Waals surface area contributed by atoms with E-state index in [1.165, 1.54) is 12.1 Å². The zero-order valence-electron chi connectivity index (χ0n) is 13.7. The Morgan fingerprint density at radius 2 is 1.69 bits per heavy atom. The molecule has 7 heteroatoms. The lowest BCUT2D eigenvalue weighted by Crippen LogP contribution is -2.29. The van der Waals surface area contributed by atoms with Gasteiger partial charge < -0.3 is 15.2 Å². The Kier molecular flexibility index (Phi) is 5.26. The fourth-order valence-corrected chi connectivity index (χ4v) is 2.48. The molecule has 0 unspecified atom stereocenters. The lowest BCUT2D eigenvalue weighted by atomic mass is 10.2. The van der Waals surface area contributed by atoms with Crippen molar-refractivity contribution in [2.45, 2.75) is 13.1 Å². The molecular weight excluding hydrogens is 343 g/mol. The van der Waals surface area contributed by atoms with Crippen LogP contribution in [0, 0.1) is 17.5 Å². The van der Waals surface area contributed by atoms with E-state index in [1.54, 1.807) is 12.1 Å². The molecule has 0 aliphatic rings. The molecule has 0 atom stereocenters. The van der Waals surface area contributed by atoms with Crippen LogP contribution in [-0.4, -0.2) is 10.6 Å². The number of anilines is 1. The van der Waals surface area contributed by atoms with E-state index in [1.807, 2.05) is 22.9 Å². The van der Waals surface area contributed by atoms with Gasteiger partial charge in [-0.25, -0.2) is 18.0 Å². The molecule has 2 aromatic carbocycles. The molecule has 2 N–H and O–H groups in total. The highest BCUT2D eigenvalue weighted by atomic mass is 19.1. The molecule has 0 fully saturated rings. The van der Waals surface area contributed by atoms with E-state index in [2.05, 4.69) is 10.6 Å². The van der Waals surface area contributed by atoms with Crippen molar-refractivity contribution in [3.8, 4) is 0 Å². The van der Waals surface area contributed by atoms with Crippen LogP contribution in [0.3, 0.4) is 0 Å². The second-order valence-electron chi connectivity index (χ2n) is 5.69. The summed E-state index contributed by atoms with van der Waals surface area (Å²) in [6, 6.07) is 12.0. The number of nitrogens with zero attached hydrogens (tertiary/aromatic N) is 1. The van der Waals surface area contributed by atoms with Crippen molar-refractivity contribution in [3.63, 3.8) is 0 Å². The molecule has 0 aliphatic heterocycles. The van der Waals surface area contributed by atoms with Crippen LogP contribution in [0.4, 0.5) is 23.7 Å². The van der Waals surface area contributed by atoms with Gasteiger partial charge in [-0.3, -0.25) is 0 Å². The van der Waals surface area contributed by atoms with Gasteiger partial charge in [-0.2, -0.15) is 0 Å². The second-order valence-corrected chi connectivity index (χ2v) is 5.69. The third-order valence-electron chi connectivity index (χ3n) is 3.80. The van der Waals surface area contributed by atoms with Gasteiger partial charge in [-0.15, -0.1) is 0 Å². The predicted molar refractivity (Wildman–Crippen MR) is 92.2 cm³/mol. The van der Waals surface area contributed by atoms with Gasteiger partial charge in [-0.1, -0.05) is 12.1 Å².